The van der Waals surface area contributed by atoms with Gasteiger partial charge < -0.3 is 5.32 Å². The van der Waals surface area contributed by atoms with E-state index in [0.29, 0.717) is 0 Å². The highest BCUT2D eigenvalue weighted by molar-refractivity contribution is 9.09. The maximum Gasteiger partial charge on any atom is 0.217 e. The van der Waals surface area contributed by atoms with Crippen molar-refractivity contribution < 1.29 is 4.79 Å². The van der Waals surface area contributed by atoms with Crippen LogP contribution in [0, 0.1) is 0 Å². The molecule has 1 N–H and O–H groups in total. The smallest absolute Gasteiger partial charge is 0.217 e. The van der Waals surface area contributed by atoms with E-state index in [-0.39, 0.29) is 11.4 Å². The second-order valence-corrected chi connectivity index (χ2v) is 3.26. The van der Waals surface area contributed by atoms with Gasteiger partial charge in [-0.25, -0.2) is 0 Å². The summed E-state index contributed by atoms with van der Waals surface area (Å²) in [4.78, 5) is 10.5. The Kier molecular flexibility index (Phi) is 3.18. The van der Waals surface area contributed by atoms with Gasteiger partial charge >= 0.3 is 0 Å². The van der Waals surface area contributed by atoms with Gasteiger partial charge in [0.2, 0.25) is 5.91 Å². The highest BCUT2D eigenvalue weighted by Gasteiger charge is 2.15. The Bertz CT molecular complexity index is 112. The van der Waals surface area contributed by atoms with E-state index in [2.05, 4.69) is 21.2 Å². The standard InChI is InChI=1S/C6H12BrNO/c1-5(9)8-6(2,3)4-7/h4H2,1-3H3,(H,8,9). The summed E-state index contributed by atoms with van der Waals surface area (Å²) < 4.78 is 0. The summed E-state index contributed by atoms with van der Waals surface area (Å²) in [5.74, 6) is 0.0134. The van der Waals surface area contributed by atoms with Crippen molar-refractivity contribution in [2.45, 2.75) is 26.3 Å². The third kappa shape index (κ3) is 4.45. The Hall–Kier alpha value is -0.0500. The van der Waals surface area contributed by atoms with Gasteiger partial charge in [0, 0.05) is 17.8 Å². The minimum atomic E-state index is -0.119. The zero-order valence-electron chi connectivity index (χ0n) is 5.99. The van der Waals surface area contributed by atoms with Gasteiger partial charge in [-0.2, -0.15) is 0 Å². The average Bonchev–Trinajstić information content (AvgIpc) is 1.63. The lowest BCUT2D eigenvalue weighted by Crippen LogP contribution is -2.43. The Labute approximate surface area is 64.1 Å². The molecule has 0 aliphatic heterocycles. The van der Waals surface area contributed by atoms with Crippen molar-refractivity contribution in [3.63, 3.8) is 0 Å². The lowest BCUT2D eigenvalue weighted by atomic mass is 10.1. The molecule has 0 fully saturated rings. The van der Waals surface area contributed by atoms with E-state index in [4.69, 9.17) is 0 Å². The topological polar surface area (TPSA) is 29.1 Å². The van der Waals surface area contributed by atoms with Gasteiger partial charge in [-0.15, -0.1) is 0 Å². The van der Waals surface area contributed by atoms with Crippen molar-refractivity contribution in [1.82, 2.24) is 5.32 Å². The fourth-order valence-corrected chi connectivity index (χ4v) is 0.650. The van der Waals surface area contributed by atoms with Gasteiger partial charge in [0.05, 0.1) is 0 Å². The molecule has 1 amide bonds. The lowest BCUT2D eigenvalue weighted by molar-refractivity contribution is -0.120. The number of carbonyl (C=O) groups is 1. The highest BCUT2D eigenvalue weighted by atomic mass is 79.9. The number of nitrogens with one attached hydrogen (secondary N) is 1. The fraction of sp³-hybridized carbons (Fsp3) is 0.833. The molecule has 0 spiro atoms. The zero-order chi connectivity index (χ0) is 7.49. The molecule has 0 heterocycles. The molecule has 0 saturated carbocycles. The molecule has 54 valence electrons. The molecule has 0 atom stereocenters. The van der Waals surface area contributed by atoms with Crippen molar-refractivity contribution in [3.8, 4) is 0 Å². The molecule has 0 aromatic carbocycles. The van der Waals surface area contributed by atoms with Gasteiger partial charge in [0.15, 0.2) is 0 Å². The Balaban J connectivity index is 3.71. The third-order valence-corrected chi connectivity index (χ3v) is 2.25. The van der Waals surface area contributed by atoms with Crippen molar-refractivity contribution in [2.24, 2.45) is 0 Å². The van der Waals surface area contributed by atoms with Crippen LogP contribution >= 0.6 is 15.9 Å². The van der Waals surface area contributed by atoms with Crippen LogP contribution < -0.4 is 5.32 Å². The van der Waals surface area contributed by atoms with Gasteiger partial charge in [-0.1, -0.05) is 15.9 Å². The molecule has 0 bridgehead atoms. The maximum atomic E-state index is 10.5. The number of carbonyl (C=O) groups excluding carboxylic acids is 1. The molecule has 0 rings (SSSR count). The van der Waals surface area contributed by atoms with E-state index in [0.717, 1.165) is 5.33 Å². The van der Waals surface area contributed by atoms with E-state index in [1.807, 2.05) is 13.8 Å². The molecule has 0 aliphatic carbocycles. The summed E-state index contributed by atoms with van der Waals surface area (Å²) in [6.07, 6.45) is 0. The van der Waals surface area contributed by atoms with Crippen LogP contribution in [0.2, 0.25) is 0 Å². The zero-order valence-corrected chi connectivity index (χ0v) is 7.58. The fourth-order valence-electron chi connectivity index (χ4n) is 0.510. The summed E-state index contributed by atoms with van der Waals surface area (Å²) in [5.41, 5.74) is -0.119. The predicted octanol–water partition coefficient (Wildman–Crippen LogP) is 1.30. The van der Waals surface area contributed by atoms with Crippen LogP contribution in [0.25, 0.3) is 0 Å². The molecule has 3 heteroatoms. The van der Waals surface area contributed by atoms with E-state index in [1.54, 1.807) is 0 Å². The van der Waals surface area contributed by atoms with Crippen LogP contribution in [-0.2, 0) is 4.79 Å². The SMILES string of the molecule is CC(=O)NC(C)(C)CBr. The largest absolute Gasteiger partial charge is 0.351 e. The maximum absolute atomic E-state index is 10.5. The second-order valence-electron chi connectivity index (χ2n) is 2.70. The highest BCUT2D eigenvalue weighted by Crippen LogP contribution is 2.04. The average molecular weight is 194 g/mol. The number of halogens is 1. The third-order valence-electron chi connectivity index (χ3n) is 0.848. The molecule has 0 unspecified atom stereocenters. The summed E-state index contributed by atoms with van der Waals surface area (Å²) in [5, 5.41) is 3.56. The number of hydrogen-bond acceptors (Lipinski definition) is 1. The molecule has 9 heavy (non-hydrogen) atoms. The Morgan fingerprint density at radius 1 is 1.67 bits per heavy atom. The van der Waals surface area contributed by atoms with Crippen molar-refractivity contribution in [3.05, 3.63) is 0 Å². The van der Waals surface area contributed by atoms with Gasteiger partial charge in [0.25, 0.3) is 0 Å². The van der Waals surface area contributed by atoms with Crippen LogP contribution in [0.3, 0.4) is 0 Å². The molecule has 0 radical (unpaired) electrons. The molecule has 0 aliphatic rings. The minimum absolute atomic E-state index is 0.0134. The minimum Gasteiger partial charge on any atom is -0.351 e. The first kappa shape index (κ1) is 8.95. The summed E-state index contributed by atoms with van der Waals surface area (Å²) in [6.45, 7) is 5.44. The van der Waals surface area contributed by atoms with Crippen molar-refractivity contribution in [2.75, 3.05) is 5.33 Å². The van der Waals surface area contributed by atoms with Crippen LogP contribution in [0.1, 0.15) is 20.8 Å². The number of rotatable bonds is 2. The summed E-state index contributed by atoms with van der Waals surface area (Å²) in [7, 11) is 0. The first-order chi connectivity index (χ1) is 3.98. The van der Waals surface area contributed by atoms with E-state index < -0.39 is 0 Å². The second kappa shape index (κ2) is 3.20. The molecular formula is C6H12BrNO. The van der Waals surface area contributed by atoms with Gasteiger partial charge in [-0.3, -0.25) is 4.79 Å². The summed E-state index contributed by atoms with van der Waals surface area (Å²) in [6, 6.07) is 0. The normalized spacial score (nSPS) is 11.1. The molecule has 2 nitrogen and oxygen atoms in total. The molecule has 0 saturated heterocycles. The quantitative estimate of drug-likeness (QED) is 0.659. The molecular weight excluding hydrogens is 182 g/mol. The number of alkyl halides is 1. The number of hydrogen-bond donors (Lipinski definition) is 1. The van der Waals surface area contributed by atoms with Gasteiger partial charge in [0.1, 0.15) is 0 Å². The van der Waals surface area contributed by atoms with E-state index in [9.17, 15) is 4.79 Å². The van der Waals surface area contributed by atoms with E-state index >= 15 is 0 Å². The lowest BCUT2D eigenvalue weighted by Gasteiger charge is -2.22. The van der Waals surface area contributed by atoms with Crippen LogP contribution in [0.5, 0.6) is 0 Å². The molecule has 0 aromatic heterocycles. The Morgan fingerprint density at radius 3 is 2.22 bits per heavy atom. The predicted molar refractivity (Wildman–Crippen MR) is 41.7 cm³/mol. The monoisotopic (exact) mass is 193 g/mol. The van der Waals surface area contributed by atoms with Crippen LogP contribution in [0.15, 0.2) is 0 Å². The molecule has 0 aromatic rings. The first-order valence-corrected chi connectivity index (χ1v) is 3.95. The first-order valence-electron chi connectivity index (χ1n) is 2.82. The van der Waals surface area contributed by atoms with Gasteiger partial charge in [-0.05, 0) is 13.8 Å². The van der Waals surface area contributed by atoms with Crippen LogP contribution in [0.4, 0.5) is 0 Å². The van der Waals surface area contributed by atoms with Crippen molar-refractivity contribution >= 4 is 21.8 Å². The van der Waals surface area contributed by atoms with Crippen LogP contribution in [-0.4, -0.2) is 16.8 Å². The Morgan fingerprint density at radius 2 is 2.11 bits per heavy atom. The van der Waals surface area contributed by atoms with Crippen molar-refractivity contribution in [1.29, 1.82) is 0 Å². The van der Waals surface area contributed by atoms with E-state index in [1.165, 1.54) is 6.92 Å². The number of amides is 1. The summed E-state index contributed by atoms with van der Waals surface area (Å²) >= 11 is 3.28.